The van der Waals surface area contributed by atoms with Gasteiger partial charge < -0.3 is 15.5 Å². The molecule has 26 heavy (non-hydrogen) atoms. The lowest BCUT2D eigenvalue weighted by Crippen LogP contribution is -2.43. The molecule has 2 fully saturated rings. The van der Waals surface area contributed by atoms with Crippen LogP contribution in [-0.2, 0) is 4.79 Å². The maximum absolute atomic E-state index is 12.5. The molecule has 2 aliphatic heterocycles. The van der Waals surface area contributed by atoms with Crippen LogP contribution in [0.3, 0.4) is 0 Å². The number of piperidine rings is 1. The summed E-state index contributed by atoms with van der Waals surface area (Å²) in [5.74, 6) is 1.27. The van der Waals surface area contributed by atoms with E-state index in [4.69, 9.17) is 0 Å². The average molecular weight is 380 g/mol. The number of amides is 2. The molecule has 5 nitrogen and oxygen atoms in total. The molecule has 2 unspecified atom stereocenters. The zero-order chi connectivity index (χ0) is 17.5. The van der Waals surface area contributed by atoms with Gasteiger partial charge in [0, 0.05) is 31.6 Å². The highest BCUT2D eigenvalue weighted by atomic mass is 35.5. The summed E-state index contributed by atoms with van der Waals surface area (Å²) in [6, 6.07) is 9.29. The van der Waals surface area contributed by atoms with Crippen molar-refractivity contribution in [1.29, 1.82) is 0 Å². The molecule has 2 amide bonds. The minimum atomic E-state index is -0.0298. The number of hydrogen-bond donors (Lipinski definition) is 2. The highest BCUT2D eigenvalue weighted by Crippen LogP contribution is 2.19. The van der Waals surface area contributed by atoms with Crippen LogP contribution in [0, 0.1) is 11.8 Å². The van der Waals surface area contributed by atoms with E-state index in [1.54, 1.807) is 0 Å². The van der Waals surface area contributed by atoms with E-state index in [1.165, 1.54) is 6.42 Å². The van der Waals surface area contributed by atoms with Gasteiger partial charge in [-0.2, -0.15) is 0 Å². The van der Waals surface area contributed by atoms with E-state index in [1.807, 2.05) is 35.2 Å². The molecular formula is C20H30ClN3O2. The van der Waals surface area contributed by atoms with Gasteiger partial charge in [0.05, 0.1) is 0 Å². The van der Waals surface area contributed by atoms with Gasteiger partial charge in [-0.3, -0.25) is 9.59 Å². The van der Waals surface area contributed by atoms with Crippen molar-refractivity contribution in [3.05, 3.63) is 35.9 Å². The van der Waals surface area contributed by atoms with Gasteiger partial charge in [0.25, 0.3) is 5.91 Å². The molecule has 2 saturated heterocycles. The number of hydrogen-bond acceptors (Lipinski definition) is 3. The Labute approximate surface area is 162 Å². The van der Waals surface area contributed by atoms with E-state index < -0.39 is 0 Å². The van der Waals surface area contributed by atoms with Crippen molar-refractivity contribution in [3.8, 4) is 0 Å². The molecule has 2 heterocycles. The fourth-order valence-corrected chi connectivity index (χ4v) is 3.83. The van der Waals surface area contributed by atoms with Gasteiger partial charge in [-0.1, -0.05) is 18.2 Å². The van der Waals surface area contributed by atoms with Crippen LogP contribution in [0.5, 0.6) is 0 Å². The number of carbonyl (C=O) groups is 2. The standard InChI is InChI=1S/C20H29N3O2.ClH/c24-19(9-8-16-10-11-21-13-16)23-12-4-5-17(15-23)14-22-20(25)18-6-2-1-3-7-18;/h1-3,6-7,16-17,21H,4-5,8-15H2,(H,22,25);1H. The fraction of sp³-hybridized carbons (Fsp3) is 0.600. The summed E-state index contributed by atoms with van der Waals surface area (Å²) in [4.78, 5) is 26.6. The third-order valence-electron chi connectivity index (χ3n) is 5.39. The first-order valence-corrected chi connectivity index (χ1v) is 9.54. The van der Waals surface area contributed by atoms with E-state index >= 15 is 0 Å². The lowest BCUT2D eigenvalue weighted by Gasteiger charge is -2.33. The topological polar surface area (TPSA) is 61.4 Å². The van der Waals surface area contributed by atoms with Crippen LogP contribution in [0.2, 0.25) is 0 Å². The normalized spacial score (nSPS) is 22.5. The van der Waals surface area contributed by atoms with E-state index in [0.717, 1.165) is 45.4 Å². The van der Waals surface area contributed by atoms with Gasteiger partial charge in [0.1, 0.15) is 0 Å². The number of benzene rings is 1. The quantitative estimate of drug-likeness (QED) is 0.798. The summed E-state index contributed by atoms with van der Waals surface area (Å²) < 4.78 is 0. The second kappa shape index (κ2) is 10.5. The molecule has 0 spiro atoms. The van der Waals surface area contributed by atoms with Crippen LogP contribution in [0.1, 0.15) is 42.5 Å². The third kappa shape index (κ3) is 5.99. The van der Waals surface area contributed by atoms with Crippen molar-refractivity contribution < 1.29 is 9.59 Å². The Balaban J connectivity index is 0.00000243. The monoisotopic (exact) mass is 379 g/mol. The van der Waals surface area contributed by atoms with E-state index in [9.17, 15) is 9.59 Å². The second-order valence-corrected chi connectivity index (χ2v) is 7.32. The summed E-state index contributed by atoms with van der Waals surface area (Å²) >= 11 is 0. The first-order valence-electron chi connectivity index (χ1n) is 9.54. The molecule has 0 saturated carbocycles. The fourth-order valence-electron chi connectivity index (χ4n) is 3.83. The summed E-state index contributed by atoms with van der Waals surface area (Å²) in [6.45, 7) is 4.43. The van der Waals surface area contributed by atoms with Gasteiger partial charge in [0.2, 0.25) is 5.91 Å². The molecule has 3 rings (SSSR count). The van der Waals surface area contributed by atoms with Crippen molar-refractivity contribution in [3.63, 3.8) is 0 Å². The molecule has 1 aromatic carbocycles. The van der Waals surface area contributed by atoms with Crippen molar-refractivity contribution in [2.75, 3.05) is 32.7 Å². The molecule has 1 aromatic rings. The number of nitrogens with one attached hydrogen (secondary N) is 2. The van der Waals surface area contributed by atoms with Crippen LogP contribution in [0.4, 0.5) is 0 Å². The predicted molar refractivity (Wildman–Crippen MR) is 106 cm³/mol. The Bertz CT molecular complexity index is 576. The second-order valence-electron chi connectivity index (χ2n) is 7.32. The van der Waals surface area contributed by atoms with Crippen LogP contribution in [-0.4, -0.2) is 49.4 Å². The zero-order valence-corrected chi connectivity index (χ0v) is 16.1. The number of halogens is 1. The van der Waals surface area contributed by atoms with E-state index in [0.29, 0.717) is 30.4 Å². The van der Waals surface area contributed by atoms with Crippen LogP contribution in [0.15, 0.2) is 30.3 Å². The molecule has 0 aromatic heterocycles. The SMILES string of the molecule is Cl.O=C(NCC1CCCN(C(=O)CCC2CCNC2)C1)c1ccccc1. The Morgan fingerprint density at radius 2 is 1.96 bits per heavy atom. The van der Waals surface area contributed by atoms with Gasteiger partial charge in [-0.25, -0.2) is 0 Å². The molecule has 6 heteroatoms. The average Bonchev–Trinajstić information content (AvgIpc) is 3.19. The van der Waals surface area contributed by atoms with Crippen LogP contribution >= 0.6 is 12.4 Å². The van der Waals surface area contributed by atoms with Crippen molar-refractivity contribution >= 4 is 24.2 Å². The van der Waals surface area contributed by atoms with Crippen molar-refractivity contribution in [1.82, 2.24) is 15.5 Å². The lowest BCUT2D eigenvalue weighted by molar-refractivity contribution is -0.133. The Hall–Kier alpha value is -1.59. The highest BCUT2D eigenvalue weighted by molar-refractivity contribution is 5.94. The highest BCUT2D eigenvalue weighted by Gasteiger charge is 2.25. The lowest BCUT2D eigenvalue weighted by atomic mass is 9.96. The Morgan fingerprint density at radius 1 is 1.15 bits per heavy atom. The maximum Gasteiger partial charge on any atom is 0.251 e. The van der Waals surface area contributed by atoms with Crippen molar-refractivity contribution in [2.24, 2.45) is 11.8 Å². The van der Waals surface area contributed by atoms with Gasteiger partial charge >= 0.3 is 0 Å². The molecule has 144 valence electrons. The molecule has 2 N–H and O–H groups in total. The Morgan fingerprint density at radius 3 is 2.69 bits per heavy atom. The maximum atomic E-state index is 12.5. The minimum absolute atomic E-state index is 0. The summed E-state index contributed by atoms with van der Waals surface area (Å²) in [7, 11) is 0. The first-order chi connectivity index (χ1) is 12.2. The number of rotatable bonds is 6. The smallest absolute Gasteiger partial charge is 0.251 e. The predicted octanol–water partition coefficient (Wildman–Crippen LogP) is 2.47. The number of carbonyl (C=O) groups excluding carboxylic acids is 2. The Kier molecular flexibility index (Phi) is 8.39. The molecule has 2 atom stereocenters. The first kappa shape index (κ1) is 20.7. The molecule has 0 aliphatic carbocycles. The molecule has 2 aliphatic rings. The molecule has 0 radical (unpaired) electrons. The summed E-state index contributed by atoms with van der Waals surface area (Å²) in [6.07, 6.45) is 4.96. The largest absolute Gasteiger partial charge is 0.352 e. The summed E-state index contributed by atoms with van der Waals surface area (Å²) in [5.41, 5.74) is 0.691. The van der Waals surface area contributed by atoms with Gasteiger partial charge in [-0.15, -0.1) is 12.4 Å². The molecular weight excluding hydrogens is 350 g/mol. The number of likely N-dealkylation sites (tertiary alicyclic amines) is 1. The molecule has 0 bridgehead atoms. The van der Waals surface area contributed by atoms with Gasteiger partial charge in [0.15, 0.2) is 0 Å². The minimum Gasteiger partial charge on any atom is -0.352 e. The van der Waals surface area contributed by atoms with E-state index in [2.05, 4.69) is 10.6 Å². The van der Waals surface area contributed by atoms with Crippen molar-refractivity contribution in [2.45, 2.75) is 32.1 Å². The van der Waals surface area contributed by atoms with Gasteiger partial charge in [-0.05, 0) is 62.7 Å². The number of nitrogens with zero attached hydrogens (tertiary/aromatic N) is 1. The third-order valence-corrected chi connectivity index (χ3v) is 5.39. The van der Waals surface area contributed by atoms with Crippen LogP contribution < -0.4 is 10.6 Å². The van der Waals surface area contributed by atoms with E-state index in [-0.39, 0.29) is 24.2 Å². The summed E-state index contributed by atoms with van der Waals surface area (Å²) in [5, 5.41) is 6.38. The van der Waals surface area contributed by atoms with Crippen LogP contribution in [0.25, 0.3) is 0 Å². The zero-order valence-electron chi connectivity index (χ0n) is 15.3.